The van der Waals surface area contributed by atoms with E-state index in [1.807, 2.05) is 25.1 Å². The molecule has 100 valence electrons. The third-order valence-electron chi connectivity index (χ3n) is 2.79. The Morgan fingerprint density at radius 2 is 2.16 bits per heavy atom. The van der Waals surface area contributed by atoms with Gasteiger partial charge in [-0.3, -0.25) is 4.79 Å². The molecule has 1 aromatic carbocycles. The fraction of sp³-hybridized carbons (Fsp3) is 0.308. The van der Waals surface area contributed by atoms with E-state index < -0.39 is 0 Å². The van der Waals surface area contributed by atoms with Crippen LogP contribution in [-0.2, 0) is 12.8 Å². The summed E-state index contributed by atoms with van der Waals surface area (Å²) < 4.78 is 4.85. The quantitative estimate of drug-likeness (QED) is 0.924. The van der Waals surface area contributed by atoms with Crippen LogP contribution in [0, 0.1) is 0 Å². The van der Waals surface area contributed by atoms with E-state index in [-0.39, 0.29) is 5.91 Å². The Kier molecular flexibility index (Phi) is 4.66. The van der Waals surface area contributed by atoms with Gasteiger partial charge in [0.2, 0.25) is 0 Å². The highest BCUT2D eigenvalue weighted by Gasteiger charge is 2.16. The molecule has 0 radical (unpaired) electrons. The van der Waals surface area contributed by atoms with Gasteiger partial charge in [-0.25, -0.2) is 0 Å². The molecule has 1 heterocycles. The number of aromatic nitrogens is 2. The lowest BCUT2D eigenvalue weighted by Crippen LogP contribution is -2.13. The minimum absolute atomic E-state index is 0.135. The summed E-state index contributed by atoms with van der Waals surface area (Å²) >= 11 is 4.57. The standard InChI is InChI=1S/C13H14BrN3OS/c1-3-8-7-9(14)5-6-11(8)15-13(18)12-10(4-2)16-17-19-12/h5-7H,3-4H2,1-2H3,(H,15,18). The third kappa shape index (κ3) is 3.19. The number of amides is 1. The molecule has 4 nitrogen and oxygen atoms in total. The van der Waals surface area contributed by atoms with Gasteiger partial charge >= 0.3 is 0 Å². The van der Waals surface area contributed by atoms with E-state index in [0.29, 0.717) is 11.3 Å². The summed E-state index contributed by atoms with van der Waals surface area (Å²) in [5, 5.41) is 6.89. The van der Waals surface area contributed by atoms with Gasteiger partial charge < -0.3 is 5.32 Å². The zero-order valence-corrected chi connectivity index (χ0v) is 13.1. The molecule has 1 amide bonds. The molecule has 0 fully saturated rings. The monoisotopic (exact) mass is 339 g/mol. The van der Waals surface area contributed by atoms with Crippen LogP contribution in [0.4, 0.5) is 5.69 Å². The van der Waals surface area contributed by atoms with Crippen molar-refractivity contribution in [3.63, 3.8) is 0 Å². The van der Waals surface area contributed by atoms with Crippen molar-refractivity contribution in [1.29, 1.82) is 0 Å². The third-order valence-corrected chi connectivity index (χ3v) is 4.05. The number of benzene rings is 1. The molecule has 2 aromatic rings. The molecule has 0 unspecified atom stereocenters. The van der Waals surface area contributed by atoms with E-state index in [0.717, 1.165) is 39.4 Å². The van der Waals surface area contributed by atoms with Crippen molar-refractivity contribution in [2.45, 2.75) is 26.7 Å². The summed E-state index contributed by atoms with van der Waals surface area (Å²) in [5.74, 6) is -0.135. The summed E-state index contributed by atoms with van der Waals surface area (Å²) in [6, 6.07) is 5.84. The van der Waals surface area contributed by atoms with E-state index in [9.17, 15) is 4.79 Å². The predicted octanol–water partition coefficient (Wildman–Crippen LogP) is 3.68. The molecule has 0 atom stereocenters. The molecule has 1 aromatic heterocycles. The molecule has 0 bridgehead atoms. The molecular formula is C13H14BrN3OS. The largest absolute Gasteiger partial charge is 0.321 e. The summed E-state index contributed by atoms with van der Waals surface area (Å²) in [7, 11) is 0. The number of hydrogen-bond acceptors (Lipinski definition) is 4. The number of aryl methyl sites for hydroxylation is 2. The fourth-order valence-electron chi connectivity index (χ4n) is 1.77. The van der Waals surface area contributed by atoms with Crippen LogP contribution in [0.15, 0.2) is 22.7 Å². The van der Waals surface area contributed by atoms with E-state index in [1.54, 1.807) is 0 Å². The van der Waals surface area contributed by atoms with Crippen LogP contribution in [-0.4, -0.2) is 15.5 Å². The topological polar surface area (TPSA) is 54.9 Å². The maximum absolute atomic E-state index is 12.2. The molecular weight excluding hydrogens is 326 g/mol. The summed E-state index contributed by atoms with van der Waals surface area (Å²) in [4.78, 5) is 12.8. The molecule has 0 saturated heterocycles. The van der Waals surface area contributed by atoms with Gasteiger partial charge in [-0.05, 0) is 48.1 Å². The van der Waals surface area contributed by atoms with Gasteiger partial charge in [0.1, 0.15) is 4.88 Å². The second-order valence-corrected chi connectivity index (χ2v) is 5.68. The number of hydrogen-bond donors (Lipinski definition) is 1. The Labute approximate surface area is 124 Å². The average Bonchev–Trinajstić information content (AvgIpc) is 2.89. The Bertz CT molecular complexity index is 597. The molecule has 2 rings (SSSR count). The van der Waals surface area contributed by atoms with Crippen molar-refractivity contribution >= 4 is 39.1 Å². The molecule has 19 heavy (non-hydrogen) atoms. The smallest absolute Gasteiger partial charge is 0.269 e. The summed E-state index contributed by atoms with van der Waals surface area (Å²) in [6.45, 7) is 4.02. The summed E-state index contributed by atoms with van der Waals surface area (Å²) in [5.41, 5.74) is 2.68. The van der Waals surface area contributed by atoms with Gasteiger partial charge in [0.15, 0.2) is 0 Å². The minimum Gasteiger partial charge on any atom is -0.321 e. The van der Waals surface area contributed by atoms with Crippen molar-refractivity contribution in [2.75, 3.05) is 5.32 Å². The van der Waals surface area contributed by atoms with Crippen LogP contribution in [0.1, 0.15) is 34.8 Å². The fourth-order valence-corrected chi connectivity index (χ4v) is 2.82. The van der Waals surface area contributed by atoms with Gasteiger partial charge in [-0.1, -0.05) is 34.3 Å². The highest BCUT2D eigenvalue weighted by molar-refractivity contribution is 9.10. The predicted molar refractivity (Wildman–Crippen MR) is 80.8 cm³/mol. The van der Waals surface area contributed by atoms with Gasteiger partial charge in [0.05, 0.1) is 5.69 Å². The van der Waals surface area contributed by atoms with Crippen molar-refractivity contribution in [3.8, 4) is 0 Å². The summed E-state index contributed by atoms with van der Waals surface area (Å²) in [6.07, 6.45) is 1.57. The molecule has 0 aliphatic rings. The maximum atomic E-state index is 12.2. The number of nitrogens with one attached hydrogen (secondary N) is 1. The van der Waals surface area contributed by atoms with Gasteiger partial charge in [0, 0.05) is 10.2 Å². The first kappa shape index (κ1) is 14.1. The first-order chi connectivity index (χ1) is 9.15. The van der Waals surface area contributed by atoms with Crippen molar-refractivity contribution < 1.29 is 4.79 Å². The van der Waals surface area contributed by atoms with Gasteiger partial charge in [-0.15, -0.1) is 5.10 Å². The maximum Gasteiger partial charge on any atom is 0.269 e. The number of carbonyl (C=O) groups excluding carboxylic acids is 1. The molecule has 0 spiro atoms. The van der Waals surface area contributed by atoms with E-state index in [1.165, 1.54) is 0 Å². The van der Waals surface area contributed by atoms with Crippen molar-refractivity contribution in [2.24, 2.45) is 0 Å². The second-order valence-electron chi connectivity index (χ2n) is 4.01. The zero-order chi connectivity index (χ0) is 13.8. The Morgan fingerprint density at radius 3 is 2.84 bits per heavy atom. The average molecular weight is 340 g/mol. The Hall–Kier alpha value is -1.27. The first-order valence-corrected chi connectivity index (χ1v) is 7.63. The molecule has 0 saturated carbocycles. The highest BCUT2D eigenvalue weighted by atomic mass is 79.9. The van der Waals surface area contributed by atoms with Crippen LogP contribution in [0.5, 0.6) is 0 Å². The van der Waals surface area contributed by atoms with Crippen LogP contribution >= 0.6 is 27.5 Å². The van der Waals surface area contributed by atoms with Gasteiger partial charge in [-0.2, -0.15) is 0 Å². The number of rotatable bonds is 4. The number of nitrogens with zero attached hydrogens (tertiary/aromatic N) is 2. The van der Waals surface area contributed by atoms with E-state index in [4.69, 9.17) is 0 Å². The SMILES string of the molecule is CCc1cc(Br)ccc1NC(=O)c1snnc1CC. The van der Waals surface area contributed by atoms with Crippen LogP contribution in [0.2, 0.25) is 0 Å². The lowest BCUT2D eigenvalue weighted by molar-refractivity contribution is 0.102. The lowest BCUT2D eigenvalue weighted by atomic mass is 10.1. The minimum atomic E-state index is -0.135. The molecule has 6 heteroatoms. The molecule has 0 aliphatic heterocycles. The normalized spacial score (nSPS) is 10.5. The second kappa shape index (κ2) is 6.25. The molecule has 1 N–H and O–H groups in total. The van der Waals surface area contributed by atoms with Crippen LogP contribution in [0.25, 0.3) is 0 Å². The number of anilines is 1. The number of halogens is 1. The van der Waals surface area contributed by atoms with Crippen LogP contribution < -0.4 is 5.32 Å². The molecule has 0 aliphatic carbocycles. The highest BCUT2D eigenvalue weighted by Crippen LogP contribution is 2.23. The van der Waals surface area contributed by atoms with E-state index >= 15 is 0 Å². The lowest BCUT2D eigenvalue weighted by Gasteiger charge is -2.09. The van der Waals surface area contributed by atoms with Crippen molar-refractivity contribution in [3.05, 3.63) is 38.8 Å². The first-order valence-electron chi connectivity index (χ1n) is 6.06. The zero-order valence-electron chi connectivity index (χ0n) is 10.7. The van der Waals surface area contributed by atoms with E-state index in [2.05, 4.69) is 37.8 Å². The number of carbonyl (C=O) groups is 1. The van der Waals surface area contributed by atoms with Crippen LogP contribution in [0.3, 0.4) is 0 Å². The Balaban J connectivity index is 2.24. The Morgan fingerprint density at radius 1 is 1.37 bits per heavy atom. The van der Waals surface area contributed by atoms with Gasteiger partial charge in [0.25, 0.3) is 5.91 Å². The van der Waals surface area contributed by atoms with Crippen molar-refractivity contribution in [1.82, 2.24) is 9.59 Å².